The van der Waals surface area contributed by atoms with E-state index in [2.05, 4.69) is 10.2 Å². The second-order valence-corrected chi connectivity index (χ2v) is 6.68. The maximum atomic E-state index is 11.6. The number of amides is 1. The van der Waals surface area contributed by atoms with Gasteiger partial charge >= 0.3 is 30.1 Å². The summed E-state index contributed by atoms with van der Waals surface area (Å²) in [7, 11) is 0. The van der Waals surface area contributed by atoms with Gasteiger partial charge < -0.3 is 5.32 Å². The maximum Gasteiger partial charge on any atom is 0.458 e. The van der Waals surface area contributed by atoms with Crippen LogP contribution in [0.4, 0.5) is 50.9 Å². The third-order valence-corrected chi connectivity index (χ3v) is 2.79. The highest BCUT2D eigenvalue weighted by Crippen LogP contribution is 2.24. The third-order valence-electron chi connectivity index (χ3n) is 2.79. The van der Waals surface area contributed by atoms with Crippen molar-refractivity contribution in [3.63, 3.8) is 0 Å². The number of benzene rings is 1. The van der Waals surface area contributed by atoms with Crippen LogP contribution in [0, 0.1) is 12.0 Å². The normalized spacial score (nSPS) is 11.5. The van der Waals surface area contributed by atoms with E-state index < -0.39 is 41.8 Å². The van der Waals surface area contributed by atoms with Gasteiger partial charge in [-0.15, -0.1) is 0 Å². The van der Waals surface area contributed by atoms with Gasteiger partial charge in [-0.3, -0.25) is 19.2 Å². The lowest BCUT2D eigenvalue weighted by molar-refractivity contribution is -0.193. The van der Waals surface area contributed by atoms with Gasteiger partial charge in [-0.25, -0.2) is 4.85 Å². The lowest BCUT2D eigenvalue weighted by Crippen LogP contribution is -2.39. The highest BCUT2D eigenvalue weighted by atomic mass is 19.4. The maximum absolute atomic E-state index is 11.6. The van der Waals surface area contributed by atoms with Crippen LogP contribution in [0.3, 0.4) is 0 Å². The Morgan fingerprint density at radius 1 is 0.818 bits per heavy atom. The third kappa shape index (κ3) is 14.3. The van der Waals surface area contributed by atoms with Crippen molar-refractivity contribution < 1.29 is 58.7 Å². The van der Waals surface area contributed by atoms with Crippen LogP contribution in [0.1, 0.15) is 20.8 Å². The van der Waals surface area contributed by atoms with Crippen LogP contribution in [-0.2, 0) is 19.2 Å². The predicted molar refractivity (Wildman–Crippen MR) is 95.0 cm³/mol. The number of carbonyl (C=O) groups excluding carboxylic acids is 4. The summed E-state index contributed by atoms with van der Waals surface area (Å²) < 4.78 is 98.2. The highest BCUT2D eigenvalue weighted by Gasteiger charge is 2.54. The first-order valence-electron chi connectivity index (χ1n) is 8.11. The fourth-order valence-corrected chi connectivity index (χ4v) is 1.20. The first kappa shape index (κ1) is 31.7. The van der Waals surface area contributed by atoms with Crippen LogP contribution in [0.2, 0.25) is 0 Å². The highest BCUT2D eigenvalue weighted by molar-refractivity contribution is 6.41. The zero-order valence-corrected chi connectivity index (χ0v) is 16.9. The topological polar surface area (TPSA) is 84.7 Å². The fourth-order valence-electron chi connectivity index (χ4n) is 1.20. The second-order valence-electron chi connectivity index (χ2n) is 6.68. The number of carbonyl (C=O) groups is 4. The van der Waals surface area contributed by atoms with E-state index >= 15 is 0 Å². The minimum absolute atomic E-state index is 0.0296. The molecule has 0 aromatic heterocycles. The van der Waals surface area contributed by atoms with E-state index in [9.17, 15) is 53.9 Å². The molecule has 0 aliphatic heterocycles. The van der Waals surface area contributed by atoms with Crippen molar-refractivity contribution in [1.82, 2.24) is 0 Å². The molecule has 1 aromatic carbocycles. The van der Waals surface area contributed by atoms with Crippen molar-refractivity contribution >= 4 is 35.1 Å². The summed E-state index contributed by atoms with van der Waals surface area (Å²) in [5.41, 5.74) is 0.893. The Balaban J connectivity index is 0. The zero-order chi connectivity index (χ0) is 26.8. The molecule has 33 heavy (non-hydrogen) atoms. The van der Waals surface area contributed by atoms with Crippen molar-refractivity contribution in [1.29, 1.82) is 0 Å². The van der Waals surface area contributed by atoms with Gasteiger partial charge in [0.25, 0.3) is 0 Å². The van der Waals surface area contributed by atoms with Crippen LogP contribution in [0.25, 0.3) is 4.85 Å². The number of Topliss-reactive ketones (excluding diaryl/α,β-unsaturated/α-hetero) is 2. The van der Waals surface area contributed by atoms with Gasteiger partial charge in [0.1, 0.15) is 0 Å². The fraction of sp³-hybridized carbons (Fsp3) is 0.389. The number of hydrogen-bond acceptors (Lipinski definition) is 4. The largest absolute Gasteiger partial charge is 0.458 e. The van der Waals surface area contributed by atoms with Gasteiger partial charge in [-0.2, -0.15) is 39.5 Å². The molecule has 0 saturated heterocycles. The Morgan fingerprint density at radius 3 is 1.36 bits per heavy atom. The molecule has 15 heteroatoms. The summed E-state index contributed by atoms with van der Waals surface area (Å²) in [6, 6.07) is 6.84. The Hall–Kier alpha value is -3.44. The summed E-state index contributed by atoms with van der Waals surface area (Å²) >= 11 is 0. The monoisotopic (exact) mass is 494 g/mol. The van der Waals surface area contributed by atoms with Gasteiger partial charge in [-0.1, -0.05) is 32.9 Å². The number of rotatable bonds is 2. The van der Waals surface area contributed by atoms with Crippen molar-refractivity contribution in [2.24, 2.45) is 5.41 Å². The number of halogens is 9. The zero-order valence-electron chi connectivity index (χ0n) is 16.9. The van der Waals surface area contributed by atoms with E-state index in [0.717, 1.165) is 5.69 Å². The van der Waals surface area contributed by atoms with Gasteiger partial charge in [0.05, 0.1) is 6.57 Å². The van der Waals surface area contributed by atoms with Crippen LogP contribution >= 0.6 is 0 Å². The van der Waals surface area contributed by atoms with Gasteiger partial charge in [-0.05, 0) is 12.1 Å². The van der Waals surface area contributed by atoms with Crippen LogP contribution in [-0.4, -0.2) is 42.3 Å². The Morgan fingerprint density at radius 2 is 1.15 bits per heavy atom. The molecule has 0 atom stereocenters. The van der Waals surface area contributed by atoms with Crippen molar-refractivity contribution in [2.45, 2.75) is 39.3 Å². The van der Waals surface area contributed by atoms with E-state index in [-0.39, 0.29) is 5.91 Å². The lowest BCUT2D eigenvalue weighted by atomic mass is 9.95. The SMILES string of the molecule is O=C(C(=O)C(F)(F)F)C(F)(F)F.O=CC(F)(F)F.[C-]#[N+]c1ccc(NC(=O)C(C)(C)C)cc1. The molecule has 0 fully saturated rings. The van der Waals surface area contributed by atoms with E-state index in [1.54, 1.807) is 24.3 Å². The van der Waals surface area contributed by atoms with Crippen molar-refractivity contribution in [3.05, 3.63) is 35.7 Å². The molecule has 0 aliphatic carbocycles. The first-order chi connectivity index (χ1) is 14.6. The molecule has 0 radical (unpaired) electrons. The number of alkyl halides is 9. The molecule has 1 N–H and O–H groups in total. The van der Waals surface area contributed by atoms with Crippen LogP contribution < -0.4 is 5.32 Å². The Bertz CT molecular complexity index is 849. The molecule has 0 spiro atoms. The molecule has 0 unspecified atom stereocenters. The van der Waals surface area contributed by atoms with E-state index in [1.165, 1.54) is 0 Å². The van der Waals surface area contributed by atoms with Crippen molar-refractivity contribution in [3.8, 4) is 0 Å². The molecule has 6 nitrogen and oxygen atoms in total. The number of hydrogen-bond donors (Lipinski definition) is 1. The Kier molecular flexibility index (Phi) is 11.5. The van der Waals surface area contributed by atoms with E-state index in [0.29, 0.717) is 5.69 Å². The van der Waals surface area contributed by atoms with Crippen LogP contribution in [0.5, 0.6) is 0 Å². The molecule has 1 rings (SSSR count). The summed E-state index contributed by atoms with van der Waals surface area (Å²) in [4.78, 5) is 42.8. The molecule has 0 bridgehead atoms. The summed E-state index contributed by atoms with van der Waals surface area (Å²) in [5, 5.41) is 2.79. The molecule has 1 amide bonds. The number of anilines is 1. The summed E-state index contributed by atoms with van der Waals surface area (Å²) in [6.07, 6.45) is -17.2. The number of ketones is 2. The average molecular weight is 494 g/mol. The van der Waals surface area contributed by atoms with Crippen LogP contribution in [0.15, 0.2) is 24.3 Å². The molecule has 0 saturated carbocycles. The Labute approximate surface area is 180 Å². The minimum Gasteiger partial charge on any atom is -0.326 e. The van der Waals surface area contributed by atoms with E-state index in [1.807, 2.05) is 20.8 Å². The second kappa shape index (κ2) is 12.0. The first-order valence-corrected chi connectivity index (χ1v) is 8.11. The van der Waals surface area contributed by atoms with Gasteiger partial charge in [0.2, 0.25) is 12.2 Å². The standard InChI is InChI=1S/C12H14N2O.C4F6O2.C2HF3O/c1-12(2,3)11(15)14-10-7-5-9(13-4)6-8-10;5-3(6,7)1(11)2(12)4(8,9)10;3-2(4,5)1-6/h5-8H,1-3H3,(H,14,15);;1H. The predicted octanol–water partition coefficient (Wildman–Crippen LogP) is 5.22. The molecule has 0 aliphatic rings. The average Bonchev–Trinajstić information content (AvgIpc) is 2.65. The number of aldehydes is 1. The van der Waals surface area contributed by atoms with Crippen molar-refractivity contribution in [2.75, 3.05) is 5.32 Å². The quantitative estimate of drug-likeness (QED) is 0.265. The lowest BCUT2D eigenvalue weighted by Gasteiger charge is -2.17. The smallest absolute Gasteiger partial charge is 0.326 e. The number of nitrogens with zero attached hydrogens (tertiary/aromatic N) is 1. The van der Waals surface area contributed by atoms with E-state index in [4.69, 9.17) is 11.4 Å². The van der Waals surface area contributed by atoms with Gasteiger partial charge in [0, 0.05) is 11.1 Å². The molecular formula is C18H15F9N2O4. The summed E-state index contributed by atoms with van der Waals surface area (Å²) in [6.45, 7) is 12.4. The summed E-state index contributed by atoms with van der Waals surface area (Å²) in [5.74, 6) is -6.84. The minimum atomic E-state index is -5.77. The molecule has 0 heterocycles. The molecule has 184 valence electrons. The molecule has 1 aromatic rings. The number of nitrogens with one attached hydrogen (secondary N) is 1. The molecular weight excluding hydrogens is 479 g/mol. The van der Waals surface area contributed by atoms with Gasteiger partial charge in [0.15, 0.2) is 5.69 Å².